The summed E-state index contributed by atoms with van der Waals surface area (Å²) in [6, 6.07) is 3.42. The van der Waals surface area contributed by atoms with Gasteiger partial charge < -0.3 is 4.74 Å². The van der Waals surface area contributed by atoms with Crippen LogP contribution in [0.1, 0.15) is 48.5 Å². The zero-order valence-electron chi connectivity index (χ0n) is 12.2. The van der Waals surface area contributed by atoms with Crippen LogP contribution >= 0.6 is 11.6 Å². The fraction of sp³-hybridized carbons (Fsp3) is 0.533. The minimum absolute atomic E-state index is 0.0381. The van der Waals surface area contributed by atoms with Gasteiger partial charge in [0.2, 0.25) is 0 Å². The predicted molar refractivity (Wildman–Crippen MR) is 83.3 cm³/mol. The maximum atomic E-state index is 12.1. The van der Waals surface area contributed by atoms with Crippen molar-refractivity contribution < 1.29 is 17.9 Å². The highest BCUT2D eigenvalue weighted by atomic mass is 35.5. The molecule has 0 fully saturated rings. The maximum Gasteiger partial charge on any atom is 0.167 e. The van der Waals surface area contributed by atoms with Crippen LogP contribution in [-0.4, -0.2) is 32.3 Å². The van der Waals surface area contributed by atoms with Gasteiger partial charge in [0.05, 0.1) is 17.9 Å². The van der Waals surface area contributed by atoms with E-state index in [4.69, 9.17) is 16.3 Å². The second-order valence-corrected chi connectivity index (χ2v) is 8.18. The van der Waals surface area contributed by atoms with Crippen molar-refractivity contribution in [3.63, 3.8) is 0 Å². The van der Waals surface area contributed by atoms with Crippen molar-refractivity contribution in [2.24, 2.45) is 0 Å². The maximum absolute atomic E-state index is 12.1. The molecule has 1 aliphatic carbocycles. The molecule has 0 saturated carbocycles. The van der Waals surface area contributed by atoms with Gasteiger partial charge in [-0.3, -0.25) is 4.79 Å². The van der Waals surface area contributed by atoms with Gasteiger partial charge in [0.15, 0.2) is 5.78 Å². The molecule has 21 heavy (non-hydrogen) atoms. The lowest BCUT2D eigenvalue weighted by Gasteiger charge is -2.12. The molecule has 1 atom stereocenters. The smallest absolute Gasteiger partial charge is 0.167 e. The zero-order chi connectivity index (χ0) is 15.6. The summed E-state index contributed by atoms with van der Waals surface area (Å²) in [5, 5.41) is 0.587. The molecule has 0 bridgehead atoms. The number of benzene rings is 1. The van der Waals surface area contributed by atoms with Crippen LogP contribution in [0, 0.1) is 0 Å². The topological polar surface area (TPSA) is 60.4 Å². The lowest BCUT2D eigenvalue weighted by Crippen LogP contribution is -2.12. The van der Waals surface area contributed by atoms with Crippen molar-refractivity contribution in [2.45, 2.75) is 32.6 Å². The third kappa shape index (κ3) is 3.58. The summed E-state index contributed by atoms with van der Waals surface area (Å²) in [4.78, 5) is 12.1. The molecule has 2 rings (SSSR count). The van der Waals surface area contributed by atoms with E-state index in [2.05, 4.69) is 0 Å². The van der Waals surface area contributed by atoms with Gasteiger partial charge in [-0.1, -0.05) is 25.4 Å². The van der Waals surface area contributed by atoms with E-state index in [-0.39, 0.29) is 29.8 Å². The van der Waals surface area contributed by atoms with Gasteiger partial charge >= 0.3 is 0 Å². The third-order valence-electron chi connectivity index (χ3n) is 3.71. The SMILES string of the molecule is CCS(=O)(=O)CCCOc1ccc(Cl)c2c1C(=O)CC2C. The summed E-state index contributed by atoms with van der Waals surface area (Å²) in [6.45, 7) is 3.87. The Kier molecular flexibility index (Phi) is 4.94. The summed E-state index contributed by atoms with van der Waals surface area (Å²) in [5.74, 6) is 0.890. The minimum atomic E-state index is -2.98. The molecular formula is C15H19ClO4S. The summed E-state index contributed by atoms with van der Waals surface area (Å²) in [5.41, 5.74) is 1.41. The van der Waals surface area contributed by atoms with E-state index >= 15 is 0 Å². The minimum Gasteiger partial charge on any atom is -0.493 e. The van der Waals surface area contributed by atoms with E-state index in [9.17, 15) is 13.2 Å². The lowest BCUT2D eigenvalue weighted by atomic mass is 10.0. The van der Waals surface area contributed by atoms with Crippen molar-refractivity contribution in [1.82, 2.24) is 0 Å². The van der Waals surface area contributed by atoms with Gasteiger partial charge in [0.25, 0.3) is 0 Å². The predicted octanol–water partition coefficient (Wildman–Crippen LogP) is 3.23. The number of carbonyl (C=O) groups excluding carboxylic acids is 1. The van der Waals surface area contributed by atoms with E-state index in [1.54, 1.807) is 19.1 Å². The van der Waals surface area contributed by atoms with Gasteiger partial charge in [0.1, 0.15) is 15.6 Å². The Bertz CT molecular complexity index is 652. The van der Waals surface area contributed by atoms with Gasteiger partial charge in [-0.05, 0) is 30.0 Å². The average Bonchev–Trinajstić information content (AvgIpc) is 2.73. The van der Waals surface area contributed by atoms with Crippen LogP contribution in [0.5, 0.6) is 5.75 Å². The molecule has 1 aromatic rings. The Labute approximate surface area is 130 Å². The van der Waals surface area contributed by atoms with Gasteiger partial charge in [-0.15, -0.1) is 0 Å². The number of fused-ring (bicyclic) bond motifs is 1. The Balaban J connectivity index is 2.08. The molecule has 0 N–H and O–H groups in total. The Hall–Kier alpha value is -1.07. The Morgan fingerprint density at radius 1 is 1.38 bits per heavy atom. The summed E-state index contributed by atoms with van der Waals surface area (Å²) >= 11 is 6.15. The molecule has 0 aromatic heterocycles. The number of Topliss-reactive ketones (excluding diaryl/α,β-unsaturated/α-hetero) is 1. The molecule has 0 heterocycles. The number of sulfone groups is 1. The number of ketones is 1. The highest BCUT2D eigenvalue weighted by Gasteiger charge is 2.31. The monoisotopic (exact) mass is 330 g/mol. The molecule has 0 saturated heterocycles. The van der Waals surface area contributed by atoms with Crippen molar-refractivity contribution >= 4 is 27.2 Å². The second kappa shape index (κ2) is 6.36. The van der Waals surface area contributed by atoms with E-state index < -0.39 is 9.84 Å². The van der Waals surface area contributed by atoms with Gasteiger partial charge in [-0.25, -0.2) is 8.42 Å². The van der Waals surface area contributed by atoms with Crippen LogP contribution in [0.2, 0.25) is 5.02 Å². The van der Waals surface area contributed by atoms with Crippen molar-refractivity contribution in [3.8, 4) is 5.75 Å². The van der Waals surface area contributed by atoms with Gasteiger partial charge in [-0.2, -0.15) is 0 Å². The quantitative estimate of drug-likeness (QED) is 0.751. The van der Waals surface area contributed by atoms with Crippen LogP contribution in [0.3, 0.4) is 0 Å². The van der Waals surface area contributed by atoms with Crippen LogP contribution in [-0.2, 0) is 9.84 Å². The number of carbonyl (C=O) groups is 1. The third-order valence-corrected chi connectivity index (χ3v) is 5.83. The summed E-state index contributed by atoms with van der Waals surface area (Å²) in [7, 11) is -2.98. The second-order valence-electron chi connectivity index (χ2n) is 5.30. The molecule has 6 heteroatoms. The first-order valence-corrected chi connectivity index (χ1v) is 9.24. The molecular weight excluding hydrogens is 312 g/mol. The zero-order valence-corrected chi connectivity index (χ0v) is 13.8. The first-order chi connectivity index (χ1) is 9.85. The molecule has 1 unspecified atom stereocenters. The van der Waals surface area contributed by atoms with E-state index in [0.29, 0.717) is 29.2 Å². The Morgan fingerprint density at radius 3 is 2.76 bits per heavy atom. The molecule has 0 radical (unpaired) electrons. The van der Waals surface area contributed by atoms with Crippen molar-refractivity contribution in [1.29, 1.82) is 0 Å². The number of ether oxygens (including phenoxy) is 1. The normalized spacial score (nSPS) is 17.9. The summed E-state index contributed by atoms with van der Waals surface area (Å²) < 4.78 is 28.4. The van der Waals surface area contributed by atoms with Crippen LogP contribution < -0.4 is 4.74 Å². The van der Waals surface area contributed by atoms with Crippen molar-refractivity contribution in [3.05, 3.63) is 28.3 Å². The van der Waals surface area contributed by atoms with Gasteiger partial charge in [0, 0.05) is 17.2 Å². The van der Waals surface area contributed by atoms with Crippen molar-refractivity contribution in [2.75, 3.05) is 18.1 Å². The lowest BCUT2D eigenvalue weighted by molar-refractivity contribution is 0.0987. The number of rotatable bonds is 6. The number of hydrogen-bond donors (Lipinski definition) is 0. The van der Waals surface area contributed by atoms with E-state index in [0.717, 1.165) is 5.56 Å². The first-order valence-electron chi connectivity index (χ1n) is 7.04. The molecule has 0 aliphatic heterocycles. The standard InChI is InChI=1S/C15H19ClO4S/c1-3-21(18,19)8-4-7-20-13-6-5-11(16)14-10(2)9-12(17)15(13)14/h5-6,10H,3-4,7-9H2,1-2H3. The molecule has 1 aromatic carbocycles. The van der Waals surface area contributed by atoms with E-state index in [1.165, 1.54) is 0 Å². The molecule has 4 nitrogen and oxygen atoms in total. The number of halogens is 1. The summed E-state index contributed by atoms with van der Waals surface area (Å²) in [6.07, 6.45) is 0.858. The molecule has 1 aliphatic rings. The molecule has 0 amide bonds. The highest BCUT2D eigenvalue weighted by Crippen LogP contribution is 2.42. The molecule has 116 valence electrons. The van der Waals surface area contributed by atoms with Crippen LogP contribution in [0.4, 0.5) is 0 Å². The average molecular weight is 331 g/mol. The largest absolute Gasteiger partial charge is 0.493 e. The fourth-order valence-corrected chi connectivity index (χ4v) is 3.74. The van der Waals surface area contributed by atoms with Crippen LogP contribution in [0.15, 0.2) is 12.1 Å². The van der Waals surface area contributed by atoms with Crippen LogP contribution in [0.25, 0.3) is 0 Å². The highest BCUT2D eigenvalue weighted by molar-refractivity contribution is 7.91. The molecule has 0 spiro atoms. The Morgan fingerprint density at radius 2 is 2.10 bits per heavy atom. The fourth-order valence-electron chi connectivity index (χ4n) is 2.55. The first kappa shape index (κ1) is 16.3. The number of hydrogen-bond acceptors (Lipinski definition) is 4. The van der Waals surface area contributed by atoms with E-state index in [1.807, 2.05) is 6.92 Å².